The summed E-state index contributed by atoms with van der Waals surface area (Å²) in [5.74, 6) is -0.0910. The fraction of sp³-hybridized carbons (Fsp3) is 0.611. The minimum Gasteiger partial charge on any atom is -0.469 e. The standard InChI is InChI=1S/C18H28N2O2/c1-16-7-9-17(10-8-16)20-14-12-19(13-15-20)11-5-3-4-6-18(21)22-2/h7-10H,3-6,11-15H2,1-2H3. The largest absolute Gasteiger partial charge is 0.469 e. The lowest BCUT2D eigenvalue weighted by molar-refractivity contribution is -0.140. The topological polar surface area (TPSA) is 32.8 Å². The van der Waals surface area contributed by atoms with Crippen molar-refractivity contribution >= 4 is 11.7 Å². The number of benzene rings is 1. The molecule has 0 bridgehead atoms. The third-order valence-corrected chi connectivity index (χ3v) is 4.35. The van der Waals surface area contributed by atoms with Crippen LogP contribution in [0.25, 0.3) is 0 Å². The van der Waals surface area contributed by atoms with Crippen LogP contribution in [-0.4, -0.2) is 50.7 Å². The van der Waals surface area contributed by atoms with Crippen LogP contribution in [0.2, 0.25) is 0 Å². The van der Waals surface area contributed by atoms with Gasteiger partial charge < -0.3 is 9.64 Å². The molecule has 122 valence electrons. The third kappa shape index (κ3) is 5.34. The Morgan fingerprint density at radius 3 is 2.36 bits per heavy atom. The lowest BCUT2D eigenvalue weighted by Gasteiger charge is -2.36. The van der Waals surface area contributed by atoms with E-state index in [1.807, 2.05) is 0 Å². The lowest BCUT2D eigenvalue weighted by Crippen LogP contribution is -2.46. The van der Waals surface area contributed by atoms with Crippen LogP contribution in [-0.2, 0) is 9.53 Å². The Bertz CT molecular complexity index is 451. The molecular weight excluding hydrogens is 276 g/mol. The van der Waals surface area contributed by atoms with E-state index in [4.69, 9.17) is 0 Å². The van der Waals surface area contributed by atoms with Gasteiger partial charge in [-0.25, -0.2) is 0 Å². The summed E-state index contributed by atoms with van der Waals surface area (Å²) in [7, 11) is 1.45. The number of piperazine rings is 1. The quantitative estimate of drug-likeness (QED) is 0.573. The first-order valence-electron chi connectivity index (χ1n) is 8.30. The van der Waals surface area contributed by atoms with Crippen LogP contribution >= 0.6 is 0 Å². The number of carbonyl (C=O) groups excluding carboxylic acids is 1. The van der Waals surface area contributed by atoms with E-state index in [0.717, 1.165) is 45.6 Å². The second-order valence-corrected chi connectivity index (χ2v) is 6.05. The first-order valence-corrected chi connectivity index (χ1v) is 8.30. The summed E-state index contributed by atoms with van der Waals surface area (Å²) in [4.78, 5) is 16.0. The molecule has 22 heavy (non-hydrogen) atoms. The predicted octanol–water partition coefficient (Wildman–Crippen LogP) is 2.85. The van der Waals surface area contributed by atoms with Crippen LogP contribution in [0.15, 0.2) is 24.3 Å². The SMILES string of the molecule is COC(=O)CCCCCN1CCN(c2ccc(C)cc2)CC1. The van der Waals surface area contributed by atoms with Crippen LogP contribution in [0, 0.1) is 6.92 Å². The minimum absolute atomic E-state index is 0.0910. The van der Waals surface area contributed by atoms with Crippen molar-refractivity contribution in [2.24, 2.45) is 0 Å². The van der Waals surface area contributed by atoms with Crippen LogP contribution in [0.4, 0.5) is 5.69 Å². The van der Waals surface area contributed by atoms with Crippen LogP contribution < -0.4 is 4.90 Å². The molecule has 4 nitrogen and oxygen atoms in total. The summed E-state index contributed by atoms with van der Waals surface area (Å²) in [6.07, 6.45) is 3.77. The van der Waals surface area contributed by atoms with Gasteiger partial charge in [0.15, 0.2) is 0 Å². The van der Waals surface area contributed by atoms with Gasteiger partial charge in [0.05, 0.1) is 7.11 Å². The van der Waals surface area contributed by atoms with Gasteiger partial charge in [0, 0.05) is 38.3 Å². The van der Waals surface area contributed by atoms with E-state index in [2.05, 4.69) is 45.7 Å². The maximum atomic E-state index is 11.0. The molecule has 0 spiro atoms. The molecule has 1 aliphatic heterocycles. The van der Waals surface area contributed by atoms with Crippen molar-refractivity contribution in [1.29, 1.82) is 0 Å². The number of esters is 1. The van der Waals surface area contributed by atoms with Gasteiger partial charge >= 0.3 is 5.97 Å². The van der Waals surface area contributed by atoms with Crippen LogP contribution in [0.3, 0.4) is 0 Å². The second-order valence-electron chi connectivity index (χ2n) is 6.05. The number of hydrogen-bond acceptors (Lipinski definition) is 4. The number of rotatable bonds is 7. The molecule has 0 amide bonds. The number of hydrogen-bond donors (Lipinski definition) is 0. The molecule has 2 rings (SSSR count). The molecule has 0 aliphatic carbocycles. The van der Waals surface area contributed by atoms with E-state index < -0.39 is 0 Å². The summed E-state index contributed by atoms with van der Waals surface area (Å²) in [5, 5.41) is 0. The van der Waals surface area contributed by atoms with Crippen molar-refractivity contribution in [3.05, 3.63) is 29.8 Å². The molecule has 1 saturated heterocycles. The highest BCUT2D eigenvalue weighted by molar-refractivity contribution is 5.68. The van der Waals surface area contributed by atoms with E-state index in [0.29, 0.717) is 6.42 Å². The van der Waals surface area contributed by atoms with E-state index in [9.17, 15) is 4.79 Å². The Hall–Kier alpha value is -1.55. The van der Waals surface area contributed by atoms with Gasteiger partial charge in [-0.05, 0) is 38.4 Å². The smallest absolute Gasteiger partial charge is 0.305 e. The molecule has 1 aromatic carbocycles. The summed E-state index contributed by atoms with van der Waals surface area (Å²) in [5.41, 5.74) is 2.65. The zero-order chi connectivity index (χ0) is 15.8. The maximum absolute atomic E-state index is 11.0. The molecule has 0 unspecified atom stereocenters. The Morgan fingerprint density at radius 2 is 1.73 bits per heavy atom. The summed E-state index contributed by atoms with van der Waals surface area (Å²) >= 11 is 0. The number of ether oxygens (including phenoxy) is 1. The summed E-state index contributed by atoms with van der Waals surface area (Å²) in [6.45, 7) is 7.73. The fourth-order valence-corrected chi connectivity index (χ4v) is 2.87. The Labute approximate surface area is 134 Å². The van der Waals surface area contributed by atoms with Crippen LogP contribution in [0.5, 0.6) is 0 Å². The normalized spacial score (nSPS) is 15.8. The predicted molar refractivity (Wildman–Crippen MR) is 90.3 cm³/mol. The highest BCUT2D eigenvalue weighted by Gasteiger charge is 2.16. The van der Waals surface area contributed by atoms with E-state index in [1.165, 1.54) is 24.8 Å². The third-order valence-electron chi connectivity index (χ3n) is 4.35. The molecular formula is C18H28N2O2. The Balaban J connectivity index is 1.61. The zero-order valence-electron chi connectivity index (χ0n) is 13.9. The number of carbonyl (C=O) groups is 1. The van der Waals surface area contributed by atoms with Crippen molar-refractivity contribution in [3.8, 4) is 0 Å². The van der Waals surface area contributed by atoms with Crippen molar-refractivity contribution in [2.45, 2.75) is 32.6 Å². The van der Waals surface area contributed by atoms with Gasteiger partial charge in [0.25, 0.3) is 0 Å². The van der Waals surface area contributed by atoms with Crippen LogP contribution in [0.1, 0.15) is 31.2 Å². The molecule has 0 atom stereocenters. The number of aryl methyl sites for hydroxylation is 1. The Kier molecular flexibility index (Phi) is 6.72. The summed E-state index contributed by atoms with van der Waals surface area (Å²) < 4.78 is 4.65. The highest BCUT2D eigenvalue weighted by atomic mass is 16.5. The fourth-order valence-electron chi connectivity index (χ4n) is 2.87. The van der Waals surface area contributed by atoms with Gasteiger partial charge in [0.2, 0.25) is 0 Å². The van der Waals surface area contributed by atoms with E-state index >= 15 is 0 Å². The van der Waals surface area contributed by atoms with Gasteiger partial charge in [0.1, 0.15) is 0 Å². The average molecular weight is 304 g/mol. The number of anilines is 1. The molecule has 1 heterocycles. The highest BCUT2D eigenvalue weighted by Crippen LogP contribution is 2.17. The van der Waals surface area contributed by atoms with Gasteiger partial charge in [-0.2, -0.15) is 0 Å². The molecule has 0 aromatic heterocycles. The molecule has 0 saturated carbocycles. The molecule has 0 radical (unpaired) electrons. The van der Waals surface area contributed by atoms with Crippen molar-refractivity contribution in [1.82, 2.24) is 4.90 Å². The average Bonchev–Trinajstić information content (AvgIpc) is 2.55. The minimum atomic E-state index is -0.0910. The molecule has 0 N–H and O–H groups in total. The Morgan fingerprint density at radius 1 is 1.05 bits per heavy atom. The number of methoxy groups -OCH3 is 1. The van der Waals surface area contributed by atoms with E-state index in [-0.39, 0.29) is 5.97 Å². The van der Waals surface area contributed by atoms with E-state index in [1.54, 1.807) is 0 Å². The molecule has 1 aromatic rings. The first-order chi connectivity index (χ1) is 10.7. The second kappa shape index (κ2) is 8.79. The van der Waals surface area contributed by atoms with Gasteiger partial charge in [-0.3, -0.25) is 9.69 Å². The lowest BCUT2D eigenvalue weighted by atomic mass is 10.1. The van der Waals surface area contributed by atoms with Gasteiger partial charge in [-0.15, -0.1) is 0 Å². The number of unbranched alkanes of at least 4 members (excludes halogenated alkanes) is 2. The monoisotopic (exact) mass is 304 g/mol. The first kappa shape index (κ1) is 16.8. The zero-order valence-corrected chi connectivity index (χ0v) is 13.9. The van der Waals surface area contributed by atoms with Gasteiger partial charge in [-0.1, -0.05) is 24.1 Å². The van der Waals surface area contributed by atoms with Crippen molar-refractivity contribution < 1.29 is 9.53 Å². The molecule has 1 fully saturated rings. The van der Waals surface area contributed by atoms with Crippen molar-refractivity contribution in [3.63, 3.8) is 0 Å². The number of nitrogens with zero attached hydrogens (tertiary/aromatic N) is 2. The molecule has 4 heteroatoms. The van der Waals surface area contributed by atoms with Crippen molar-refractivity contribution in [2.75, 3.05) is 44.7 Å². The maximum Gasteiger partial charge on any atom is 0.305 e. The summed E-state index contributed by atoms with van der Waals surface area (Å²) in [6, 6.07) is 8.81. The molecule has 1 aliphatic rings.